The summed E-state index contributed by atoms with van der Waals surface area (Å²) < 4.78 is 0. The van der Waals surface area contributed by atoms with Crippen LogP contribution in [0.3, 0.4) is 0 Å². The van der Waals surface area contributed by atoms with E-state index in [4.69, 9.17) is 5.11 Å². The standard InChI is InChI=1S/C14H27N3O3/c1-4-6-11(9-13(18)19)15-14(20)17-8-5-7-12(17)10-16(2)3/h11-12H,4-10H2,1-3H3,(H,15,20)(H,18,19). The maximum Gasteiger partial charge on any atom is 0.317 e. The van der Waals surface area contributed by atoms with E-state index in [9.17, 15) is 9.59 Å². The third-order valence-corrected chi connectivity index (χ3v) is 3.60. The number of carbonyl (C=O) groups is 2. The van der Waals surface area contributed by atoms with Crippen LogP contribution in [0.1, 0.15) is 39.0 Å². The van der Waals surface area contributed by atoms with Crippen LogP contribution < -0.4 is 5.32 Å². The summed E-state index contributed by atoms with van der Waals surface area (Å²) >= 11 is 0. The highest BCUT2D eigenvalue weighted by atomic mass is 16.4. The zero-order chi connectivity index (χ0) is 15.1. The van der Waals surface area contributed by atoms with Gasteiger partial charge in [-0.25, -0.2) is 4.79 Å². The molecule has 2 amide bonds. The lowest BCUT2D eigenvalue weighted by molar-refractivity contribution is -0.137. The number of likely N-dealkylation sites (tertiary alicyclic amines) is 1. The second-order valence-electron chi connectivity index (χ2n) is 5.78. The molecule has 6 nitrogen and oxygen atoms in total. The maximum absolute atomic E-state index is 12.3. The summed E-state index contributed by atoms with van der Waals surface area (Å²) in [7, 11) is 4.00. The van der Waals surface area contributed by atoms with Gasteiger partial charge in [0.2, 0.25) is 0 Å². The Morgan fingerprint density at radius 3 is 2.70 bits per heavy atom. The van der Waals surface area contributed by atoms with Gasteiger partial charge in [-0.2, -0.15) is 0 Å². The summed E-state index contributed by atoms with van der Waals surface area (Å²) in [5, 5.41) is 11.8. The monoisotopic (exact) mass is 285 g/mol. The highest BCUT2D eigenvalue weighted by Crippen LogP contribution is 2.18. The van der Waals surface area contributed by atoms with Crippen LogP contribution in [0.15, 0.2) is 0 Å². The average Bonchev–Trinajstić information content (AvgIpc) is 2.75. The van der Waals surface area contributed by atoms with E-state index in [2.05, 4.69) is 10.2 Å². The number of urea groups is 1. The molecule has 1 aliphatic rings. The van der Waals surface area contributed by atoms with Crippen LogP contribution in [-0.4, -0.2) is 66.2 Å². The normalized spacial score (nSPS) is 20.2. The minimum absolute atomic E-state index is 0.00817. The van der Waals surface area contributed by atoms with Gasteiger partial charge >= 0.3 is 12.0 Å². The number of aliphatic carboxylic acids is 1. The number of carboxylic acids is 1. The molecule has 0 spiro atoms. The summed E-state index contributed by atoms with van der Waals surface area (Å²) in [5.74, 6) is -0.866. The van der Waals surface area contributed by atoms with Gasteiger partial charge < -0.3 is 20.2 Å². The molecule has 1 heterocycles. The molecule has 0 bridgehead atoms. The molecule has 0 aliphatic carbocycles. The quantitative estimate of drug-likeness (QED) is 0.741. The van der Waals surface area contributed by atoms with Gasteiger partial charge in [0.25, 0.3) is 0 Å². The predicted octanol–water partition coefficient (Wildman–Crippen LogP) is 1.37. The molecule has 0 aromatic carbocycles. The SMILES string of the molecule is CCCC(CC(=O)O)NC(=O)N1CCCC1CN(C)C. The first kappa shape index (κ1) is 16.8. The molecular weight excluding hydrogens is 258 g/mol. The van der Waals surface area contributed by atoms with Crippen LogP contribution in [0, 0.1) is 0 Å². The van der Waals surface area contributed by atoms with Crippen molar-refractivity contribution in [1.82, 2.24) is 15.1 Å². The van der Waals surface area contributed by atoms with E-state index in [0.29, 0.717) is 6.42 Å². The Bertz CT molecular complexity index is 334. The van der Waals surface area contributed by atoms with Crippen LogP contribution in [0.25, 0.3) is 0 Å². The molecule has 1 fully saturated rings. The van der Waals surface area contributed by atoms with E-state index in [1.165, 1.54) is 0 Å². The van der Waals surface area contributed by atoms with Crippen molar-refractivity contribution in [3.63, 3.8) is 0 Å². The molecule has 0 saturated carbocycles. The molecule has 2 N–H and O–H groups in total. The summed E-state index contributed by atoms with van der Waals surface area (Å²) in [6.07, 6.45) is 3.58. The molecule has 0 radical (unpaired) electrons. The second kappa shape index (κ2) is 8.09. The van der Waals surface area contributed by atoms with Crippen molar-refractivity contribution in [3.8, 4) is 0 Å². The third kappa shape index (κ3) is 5.36. The number of carbonyl (C=O) groups excluding carboxylic acids is 1. The van der Waals surface area contributed by atoms with E-state index in [1.54, 1.807) is 0 Å². The number of hydrogen-bond acceptors (Lipinski definition) is 3. The van der Waals surface area contributed by atoms with E-state index in [-0.39, 0.29) is 24.5 Å². The van der Waals surface area contributed by atoms with E-state index >= 15 is 0 Å². The number of hydrogen-bond donors (Lipinski definition) is 2. The van der Waals surface area contributed by atoms with Crippen molar-refractivity contribution in [2.45, 2.75) is 51.1 Å². The van der Waals surface area contributed by atoms with Gasteiger partial charge in [-0.3, -0.25) is 4.79 Å². The first-order valence-corrected chi connectivity index (χ1v) is 7.37. The number of nitrogens with zero attached hydrogens (tertiary/aromatic N) is 2. The topological polar surface area (TPSA) is 72.9 Å². The Kier molecular flexibility index (Phi) is 6.78. The van der Waals surface area contributed by atoms with E-state index in [1.807, 2.05) is 25.9 Å². The molecule has 6 heteroatoms. The van der Waals surface area contributed by atoms with Gasteiger partial charge in [0.05, 0.1) is 6.42 Å². The zero-order valence-electron chi connectivity index (χ0n) is 12.8. The van der Waals surface area contributed by atoms with Crippen molar-refractivity contribution in [1.29, 1.82) is 0 Å². The number of amides is 2. The summed E-state index contributed by atoms with van der Waals surface area (Å²) in [5.41, 5.74) is 0. The molecule has 2 unspecified atom stereocenters. The molecule has 0 aromatic rings. The molecule has 1 rings (SSSR count). The summed E-state index contributed by atoms with van der Waals surface area (Å²) in [6, 6.07) is -0.156. The highest BCUT2D eigenvalue weighted by molar-refractivity contribution is 5.76. The first-order valence-electron chi connectivity index (χ1n) is 7.37. The average molecular weight is 285 g/mol. The van der Waals surface area contributed by atoms with Crippen molar-refractivity contribution >= 4 is 12.0 Å². The Balaban J connectivity index is 2.56. The van der Waals surface area contributed by atoms with Crippen LogP contribution in [0.4, 0.5) is 4.79 Å². The highest BCUT2D eigenvalue weighted by Gasteiger charge is 2.30. The Morgan fingerprint density at radius 1 is 1.45 bits per heavy atom. The predicted molar refractivity (Wildman–Crippen MR) is 77.8 cm³/mol. The van der Waals surface area contributed by atoms with Gasteiger partial charge in [-0.15, -0.1) is 0 Å². The smallest absolute Gasteiger partial charge is 0.317 e. The largest absolute Gasteiger partial charge is 0.481 e. The van der Waals surface area contributed by atoms with E-state index in [0.717, 1.165) is 32.4 Å². The molecule has 20 heavy (non-hydrogen) atoms. The summed E-state index contributed by atoms with van der Waals surface area (Å²) in [4.78, 5) is 27.1. The van der Waals surface area contributed by atoms with Crippen molar-refractivity contribution in [3.05, 3.63) is 0 Å². The van der Waals surface area contributed by atoms with Gasteiger partial charge in [0, 0.05) is 25.2 Å². The Labute approximate surface area is 121 Å². The maximum atomic E-state index is 12.3. The third-order valence-electron chi connectivity index (χ3n) is 3.60. The van der Waals surface area contributed by atoms with Crippen LogP contribution in [0.2, 0.25) is 0 Å². The van der Waals surface area contributed by atoms with Crippen molar-refractivity contribution in [2.75, 3.05) is 27.2 Å². The first-order chi connectivity index (χ1) is 9.43. The Morgan fingerprint density at radius 2 is 2.15 bits per heavy atom. The molecule has 1 saturated heterocycles. The number of rotatable bonds is 7. The Hall–Kier alpha value is -1.30. The minimum Gasteiger partial charge on any atom is -0.481 e. The lowest BCUT2D eigenvalue weighted by Crippen LogP contribution is -2.49. The zero-order valence-corrected chi connectivity index (χ0v) is 12.8. The van der Waals surface area contributed by atoms with Gasteiger partial charge in [-0.1, -0.05) is 13.3 Å². The fourth-order valence-electron chi connectivity index (χ4n) is 2.76. The molecule has 0 aromatic heterocycles. The molecular formula is C14H27N3O3. The molecule has 116 valence electrons. The van der Waals surface area contributed by atoms with Crippen LogP contribution in [-0.2, 0) is 4.79 Å². The minimum atomic E-state index is -0.866. The number of likely N-dealkylation sites (N-methyl/N-ethyl adjacent to an activating group) is 1. The lowest BCUT2D eigenvalue weighted by atomic mass is 10.1. The second-order valence-corrected chi connectivity index (χ2v) is 5.78. The fourth-order valence-corrected chi connectivity index (χ4v) is 2.76. The van der Waals surface area contributed by atoms with Crippen LogP contribution in [0.5, 0.6) is 0 Å². The van der Waals surface area contributed by atoms with Gasteiger partial charge in [-0.05, 0) is 33.4 Å². The van der Waals surface area contributed by atoms with Gasteiger partial charge in [0.15, 0.2) is 0 Å². The van der Waals surface area contributed by atoms with Crippen LogP contribution >= 0.6 is 0 Å². The number of nitrogens with one attached hydrogen (secondary N) is 1. The van der Waals surface area contributed by atoms with Crippen molar-refractivity contribution in [2.24, 2.45) is 0 Å². The molecule has 2 atom stereocenters. The molecule has 1 aliphatic heterocycles. The van der Waals surface area contributed by atoms with Crippen molar-refractivity contribution < 1.29 is 14.7 Å². The lowest BCUT2D eigenvalue weighted by Gasteiger charge is -2.29. The number of carboxylic acid groups (broad SMARTS) is 1. The van der Waals surface area contributed by atoms with E-state index < -0.39 is 5.97 Å². The fraction of sp³-hybridized carbons (Fsp3) is 0.857. The summed E-state index contributed by atoms with van der Waals surface area (Å²) in [6.45, 7) is 3.60. The van der Waals surface area contributed by atoms with Gasteiger partial charge in [0.1, 0.15) is 0 Å².